The Bertz CT molecular complexity index is 1520. The van der Waals surface area contributed by atoms with Gasteiger partial charge in [-0.05, 0) is 108 Å². The Morgan fingerprint density at radius 3 is 2.15 bits per heavy atom. The monoisotopic (exact) mass is 931 g/mol. The molecule has 378 valence electrons. The smallest absolute Gasteiger partial charge is 0.311 e. The third kappa shape index (κ3) is 13.8. The topological polar surface area (TPSA) is 216 Å². The van der Waals surface area contributed by atoms with Crippen molar-refractivity contribution in [1.82, 2.24) is 20.4 Å². The summed E-state index contributed by atoms with van der Waals surface area (Å²) in [6.45, 7) is 21.6. The molecule has 4 fully saturated rings. The molecule has 4 heterocycles. The SMILES string of the molecule is CC[C@H]1OC(=O)[C@H](C)[C@@H](O[C@H]2C[C@@](C)(OC)[C@@H](OC(=O)CCNCCN3CCCC3)[C@H](C)O2)[C@H](C)[C@@H](O[C@@H]2O[C@H](C)C[C@H](N(C)C)[C@H]2O)[C@](C)(OC)C[C@@H](C)C(=O)N[C@H](C)[C@@H](O)[C@]1(C)O. The minimum atomic E-state index is -1.97. The molecule has 18 nitrogen and oxygen atoms in total. The fourth-order valence-electron chi connectivity index (χ4n) is 10.4. The van der Waals surface area contributed by atoms with Crippen LogP contribution in [0.5, 0.6) is 0 Å². The highest BCUT2D eigenvalue weighted by Gasteiger charge is 2.54. The van der Waals surface area contributed by atoms with Gasteiger partial charge in [0, 0.05) is 58.2 Å². The lowest BCUT2D eigenvalue weighted by atomic mass is 9.77. The number of aliphatic hydroxyl groups is 3. The molecule has 4 aliphatic rings. The first-order valence-electron chi connectivity index (χ1n) is 24.0. The zero-order valence-electron chi connectivity index (χ0n) is 41.9. The quantitative estimate of drug-likeness (QED) is 0.118. The van der Waals surface area contributed by atoms with Crippen molar-refractivity contribution in [3.63, 3.8) is 0 Å². The van der Waals surface area contributed by atoms with Gasteiger partial charge in [-0.15, -0.1) is 0 Å². The molecule has 4 saturated heterocycles. The van der Waals surface area contributed by atoms with Crippen LogP contribution in [0.15, 0.2) is 0 Å². The summed E-state index contributed by atoms with van der Waals surface area (Å²) in [4.78, 5) is 46.0. The fraction of sp³-hybridized carbons (Fsp3) is 0.936. The van der Waals surface area contributed by atoms with Gasteiger partial charge in [0.25, 0.3) is 0 Å². The van der Waals surface area contributed by atoms with E-state index < -0.39 is 114 Å². The van der Waals surface area contributed by atoms with Gasteiger partial charge >= 0.3 is 11.9 Å². The van der Waals surface area contributed by atoms with Gasteiger partial charge in [-0.2, -0.15) is 0 Å². The number of ether oxygens (including phenoxy) is 8. The molecule has 0 radical (unpaired) electrons. The molecule has 0 aliphatic carbocycles. The van der Waals surface area contributed by atoms with Crippen molar-refractivity contribution in [1.29, 1.82) is 0 Å². The largest absolute Gasteiger partial charge is 0.459 e. The van der Waals surface area contributed by atoms with Gasteiger partial charge in [-0.25, -0.2) is 0 Å². The zero-order valence-corrected chi connectivity index (χ0v) is 41.9. The second-order valence-corrected chi connectivity index (χ2v) is 20.3. The maximum Gasteiger partial charge on any atom is 0.311 e. The zero-order chi connectivity index (χ0) is 48.6. The van der Waals surface area contributed by atoms with Crippen LogP contribution in [-0.4, -0.2) is 194 Å². The van der Waals surface area contributed by atoms with Crippen LogP contribution >= 0.6 is 0 Å². The van der Waals surface area contributed by atoms with Crippen LogP contribution in [0.4, 0.5) is 0 Å². The molecule has 0 saturated carbocycles. The Hall–Kier alpha value is -2.07. The summed E-state index contributed by atoms with van der Waals surface area (Å²) in [5, 5.41) is 41.2. The average molecular weight is 931 g/mol. The van der Waals surface area contributed by atoms with Crippen LogP contribution in [0.2, 0.25) is 0 Å². The number of hydrogen-bond acceptors (Lipinski definition) is 17. The number of rotatable bonds is 15. The predicted molar refractivity (Wildman–Crippen MR) is 242 cm³/mol. The fourth-order valence-corrected chi connectivity index (χ4v) is 10.4. The standard InChI is InChI=1S/C47H86N4O14/c1-15-34-47(10,57)39(54)31(6)49-42(55)27(2)25-45(8,58-13)40(65-44-37(53)33(50(11)12)24-28(3)60-44)29(4)38(30(5)43(56)62-34)64-36-26-46(9,59-14)41(32(7)61-36)63-35(52)18-19-48-20-23-51-21-16-17-22-51/h27-34,36-41,44,48,53-54,57H,15-26H2,1-14H3,(H,49,55)/t27-,28-,29+,30-,31-,32+,33+,34-,36+,37-,38+,39-,40-,41+,44+,45-,46-,47-/m1/s1. The van der Waals surface area contributed by atoms with E-state index in [1.54, 1.807) is 41.5 Å². The van der Waals surface area contributed by atoms with Crippen molar-refractivity contribution >= 4 is 17.8 Å². The molecule has 0 aromatic heterocycles. The number of likely N-dealkylation sites (tertiary alicyclic amines) is 1. The highest BCUT2D eigenvalue weighted by molar-refractivity contribution is 5.78. The Morgan fingerprint density at radius 1 is 0.923 bits per heavy atom. The maximum absolute atomic E-state index is 14.5. The van der Waals surface area contributed by atoms with Gasteiger partial charge < -0.3 is 73.6 Å². The lowest BCUT2D eigenvalue weighted by Crippen LogP contribution is -2.61. The van der Waals surface area contributed by atoms with Crippen molar-refractivity contribution in [2.24, 2.45) is 17.8 Å². The highest BCUT2D eigenvalue weighted by atomic mass is 16.7. The number of nitrogens with zero attached hydrogens (tertiary/aromatic N) is 2. The van der Waals surface area contributed by atoms with Crippen molar-refractivity contribution in [2.75, 3.05) is 61.0 Å². The Kier molecular flexibility index (Phi) is 20.5. The Labute approximate surface area is 388 Å². The van der Waals surface area contributed by atoms with Gasteiger partial charge in [-0.3, -0.25) is 14.4 Å². The number of amides is 1. The van der Waals surface area contributed by atoms with E-state index in [2.05, 4.69) is 15.5 Å². The van der Waals surface area contributed by atoms with Crippen LogP contribution in [0, 0.1) is 17.8 Å². The molecule has 18 heteroatoms. The van der Waals surface area contributed by atoms with Crippen molar-refractivity contribution < 1.29 is 67.6 Å². The second kappa shape index (κ2) is 24.0. The van der Waals surface area contributed by atoms with Crippen LogP contribution in [-0.2, 0) is 52.3 Å². The minimum absolute atomic E-state index is 0.0852. The number of cyclic esters (lactones) is 1. The summed E-state index contributed by atoms with van der Waals surface area (Å²) in [6.07, 6.45) is -6.35. The van der Waals surface area contributed by atoms with Gasteiger partial charge in [-0.1, -0.05) is 20.8 Å². The summed E-state index contributed by atoms with van der Waals surface area (Å²) in [5.41, 5.74) is -4.34. The molecule has 4 rings (SSSR count). The summed E-state index contributed by atoms with van der Waals surface area (Å²) < 4.78 is 51.2. The summed E-state index contributed by atoms with van der Waals surface area (Å²) in [6, 6.07) is -1.25. The highest BCUT2D eigenvalue weighted by Crippen LogP contribution is 2.41. The third-order valence-corrected chi connectivity index (χ3v) is 14.7. The van der Waals surface area contributed by atoms with Crippen LogP contribution in [0.25, 0.3) is 0 Å². The van der Waals surface area contributed by atoms with Crippen LogP contribution in [0.1, 0.15) is 114 Å². The Morgan fingerprint density at radius 2 is 1.55 bits per heavy atom. The second-order valence-electron chi connectivity index (χ2n) is 20.3. The summed E-state index contributed by atoms with van der Waals surface area (Å²) in [5.74, 6) is -4.10. The van der Waals surface area contributed by atoms with Gasteiger partial charge in [0.05, 0.1) is 48.4 Å². The first-order valence-corrected chi connectivity index (χ1v) is 24.0. The van der Waals surface area contributed by atoms with E-state index in [0.29, 0.717) is 13.0 Å². The molecular formula is C47H86N4O14. The Balaban J connectivity index is 1.71. The molecule has 0 spiro atoms. The number of hydrogen-bond donors (Lipinski definition) is 5. The minimum Gasteiger partial charge on any atom is -0.459 e. The lowest BCUT2D eigenvalue weighted by Gasteiger charge is -2.49. The van der Waals surface area contributed by atoms with Crippen LogP contribution in [0.3, 0.4) is 0 Å². The number of esters is 2. The van der Waals surface area contributed by atoms with Gasteiger partial charge in [0.1, 0.15) is 29.5 Å². The van der Waals surface area contributed by atoms with E-state index in [9.17, 15) is 29.7 Å². The van der Waals surface area contributed by atoms with Crippen molar-refractivity contribution in [3.05, 3.63) is 0 Å². The number of aliphatic hydroxyl groups excluding tert-OH is 2. The molecule has 0 aromatic rings. The molecule has 1 amide bonds. The first-order chi connectivity index (χ1) is 30.4. The van der Waals surface area contributed by atoms with Crippen molar-refractivity contribution in [3.8, 4) is 0 Å². The molecule has 0 bridgehead atoms. The molecular weight excluding hydrogens is 845 g/mol. The van der Waals surface area contributed by atoms with Gasteiger partial charge in [0.2, 0.25) is 5.91 Å². The molecule has 4 aliphatic heterocycles. The van der Waals surface area contributed by atoms with Gasteiger partial charge in [0.15, 0.2) is 18.7 Å². The number of methoxy groups -OCH3 is 2. The number of likely N-dealkylation sites (N-methyl/N-ethyl adjacent to an activating group) is 1. The summed E-state index contributed by atoms with van der Waals surface area (Å²) >= 11 is 0. The van der Waals surface area contributed by atoms with E-state index in [-0.39, 0.29) is 37.8 Å². The van der Waals surface area contributed by atoms with E-state index in [1.807, 2.05) is 39.8 Å². The van der Waals surface area contributed by atoms with E-state index in [1.165, 1.54) is 34.0 Å². The normalized spacial score (nSPS) is 43.1. The van der Waals surface area contributed by atoms with Crippen LogP contribution < -0.4 is 10.6 Å². The average Bonchev–Trinajstić information content (AvgIpc) is 3.78. The number of nitrogens with one attached hydrogen (secondary N) is 2. The number of carbonyl (C=O) groups is 3. The predicted octanol–water partition coefficient (Wildman–Crippen LogP) is 2.37. The molecule has 18 atom stereocenters. The van der Waals surface area contributed by atoms with E-state index in [4.69, 9.17) is 37.9 Å². The first kappa shape index (κ1) is 55.5. The maximum atomic E-state index is 14.5. The molecule has 65 heavy (non-hydrogen) atoms. The number of carbonyl (C=O) groups excluding carboxylic acids is 3. The molecule has 5 N–H and O–H groups in total. The van der Waals surface area contributed by atoms with E-state index in [0.717, 1.165) is 26.2 Å². The molecule has 0 aromatic carbocycles. The van der Waals surface area contributed by atoms with E-state index >= 15 is 0 Å². The van der Waals surface area contributed by atoms with Crippen molar-refractivity contribution in [2.45, 2.75) is 204 Å². The third-order valence-electron chi connectivity index (χ3n) is 14.7. The summed E-state index contributed by atoms with van der Waals surface area (Å²) in [7, 11) is 6.81. The molecule has 0 unspecified atom stereocenters. The lowest BCUT2D eigenvalue weighted by molar-refractivity contribution is -0.320.